The number of carbonyl (C=O) groups is 1. The second kappa shape index (κ2) is 4.85. The lowest BCUT2D eigenvalue weighted by Crippen LogP contribution is -2.21. The van der Waals surface area contributed by atoms with Crippen LogP contribution in [0.2, 0.25) is 0 Å². The maximum atomic E-state index is 10.8. The molecule has 1 aromatic rings. The van der Waals surface area contributed by atoms with Crippen LogP contribution in [0.3, 0.4) is 0 Å². The molecule has 5 nitrogen and oxygen atoms in total. The lowest BCUT2D eigenvalue weighted by atomic mass is 10.0. The molecular formula is C11H15NO4. The lowest BCUT2D eigenvalue weighted by Gasteiger charge is -2.16. The molecule has 1 rings (SSSR count). The van der Waals surface area contributed by atoms with Gasteiger partial charge in [0.05, 0.1) is 14.2 Å². The van der Waals surface area contributed by atoms with Gasteiger partial charge < -0.3 is 20.3 Å². The van der Waals surface area contributed by atoms with Crippen LogP contribution in [0.5, 0.6) is 11.5 Å². The molecule has 0 aliphatic rings. The Hall–Kier alpha value is -1.75. The van der Waals surface area contributed by atoms with Crippen LogP contribution in [0.15, 0.2) is 12.1 Å². The SMILES string of the molecule is COc1c(C)ccc(C(N)C(=O)O)c1OC. The highest BCUT2D eigenvalue weighted by Gasteiger charge is 2.22. The van der Waals surface area contributed by atoms with E-state index in [0.717, 1.165) is 5.56 Å². The summed E-state index contributed by atoms with van der Waals surface area (Å²) in [4.78, 5) is 10.8. The molecule has 16 heavy (non-hydrogen) atoms. The van der Waals surface area contributed by atoms with Crippen LogP contribution < -0.4 is 15.2 Å². The number of hydrogen-bond donors (Lipinski definition) is 2. The van der Waals surface area contributed by atoms with Crippen molar-refractivity contribution in [1.29, 1.82) is 0 Å². The number of benzene rings is 1. The average Bonchev–Trinajstić information content (AvgIpc) is 2.27. The van der Waals surface area contributed by atoms with Crippen LogP contribution in [-0.4, -0.2) is 25.3 Å². The summed E-state index contributed by atoms with van der Waals surface area (Å²) in [7, 11) is 2.95. The second-order valence-electron chi connectivity index (χ2n) is 3.35. The van der Waals surface area contributed by atoms with Gasteiger partial charge in [0.1, 0.15) is 6.04 Å². The molecule has 0 spiro atoms. The highest BCUT2D eigenvalue weighted by molar-refractivity contribution is 5.77. The number of methoxy groups -OCH3 is 2. The fourth-order valence-corrected chi connectivity index (χ4v) is 1.52. The Kier molecular flexibility index (Phi) is 3.73. The fraction of sp³-hybridized carbons (Fsp3) is 0.364. The molecule has 1 aromatic carbocycles. The molecule has 1 atom stereocenters. The smallest absolute Gasteiger partial charge is 0.325 e. The van der Waals surface area contributed by atoms with Gasteiger partial charge in [0.2, 0.25) is 0 Å². The first-order chi connectivity index (χ1) is 7.52. The van der Waals surface area contributed by atoms with Gasteiger partial charge in [-0.25, -0.2) is 0 Å². The van der Waals surface area contributed by atoms with E-state index in [0.29, 0.717) is 17.1 Å². The molecule has 0 bridgehead atoms. The quantitative estimate of drug-likeness (QED) is 0.801. The van der Waals surface area contributed by atoms with Crippen molar-refractivity contribution in [2.24, 2.45) is 5.73 Å². The molecule has 5 heteroatoms. The summed E-state index contributed by atoms with van der Waals surface area (Å²) in [6.45, 7) is 1.84. The molecule has 0 saturated carbocycles. The van der Waals surface area contributed by atoms with Gasteiger partial charge in [0.15, 0.2) is 11.5 Å². The highest BCUT2D eigenvalue weighted by Crippen LogP contribution is 2.36. The standard InChI is InChI=1S/C11H15NO4/c1-6-4-5-7(8(12)11(13)14)10(16-3)9(6)15-2/h4-5,8H,12H2,1-3H3,(H,13,14). The molecule has 88 valence electrons. The van der Waals surface area contributed by atoms with Gasteiger partial charge in [-0.15, -0.1) is 0 Å². The van der Waals surface area contributed by atoms with Crippen molar-refractivity contribution in [3.63, 3.8) is 0 Å². The Morgan fingerprint density at radius 2 is 1.88 bits per heavy atom. The molecule has 0 radical (unpaired) electrons. The molecule has 0 aliphatic carbocycles. The fourth-order valence-electron chi connectivity index (χ4n) is 1.52. The summed E-state index contributed by atoms with van der Waals surface area (Å²) in [6, 6.07) is 2.26. The van der Waals surface area contributed by atoms with Crippen LogP contribution in [-0.2, 0) is 4.79 Å². The number of nitrogens with two attached hydrogens (primary N) is 1. The molecule has 0 fully saturated rings. The third-order valence-electron chi connectivity index (χ3n) is 2.35. The summed E-state index contributed by atoms with van der Waals surface area (Å²) < 4.78 is 10.3. The number of hydrogen-bond acceptors (Lipinski definition) is 4. The average molecular weight is 225 g/mol. The van der Waals surface area contributed by atoms with Crippen LogP contribution in [0.1, 0.15) is 17.2 Å². The maximum absolute atomic E-state index is 10.8. The van der Waals surface area contributed by atoms with E-state index in [9.17, 15) is 4.79 Å². The minimum atomic E-state index is -1.12. The van der Waals surface area contributed by atoms with Gasteiger partial charge in [0.25, 0.3) is 0 Å². The van der Waals surface area contributed by atoms with E-state index >= 15 is 0 Å². The van der Waals surface area contributed by atoms with Gasteiger partial charge in [-0.2, -0.15) is 0 Å². The van der Waals surface area contributed by atoms with Crippen molar-refractivity contribution >= 4 is 5.97 Å². The van der Waals surface area contributed by atoms with Crippen molar-refractivity contribution in [3.8, 4) is 11.5 Å². The normalized spacial score (nSPS) is 12.0. The third-order valence-corrected chi connectivity index (χ3v) is 2.35. The predicted octanol–water partition coefficient (Wildman–Crippen LogP) is 1.10. The zero-order valence-electron chi connectivity index (χ0n) is 9.48. The molecular weight excluding hydrogens is 210 g/mol. The van der Waals surface area contributed by atoms with Crippen LogP contribution >= 0.6 is 0 Å². The minimum Gasteiger partial charge on any atom is -0.493 e. The maximum Gasteiger partial charge on any atom is 0.325 e. The van der Waals surface area contributed by atoms with E-state index in [1.165, 1.54) is 14.2 Å². The van der Waals surface area contributed by atoms with Crippen molar-refractivity contribution in [1.82, 2.24) is 0 Å². The molecule has 3 N–H and O–H groups in total. The van der Waals surface area contributed by atoms with Crippen molar-refractivity contribution in [2.75, 3.05) is 14.2 Å². The molecule has 0 aromatic heterocycles. The van der Waals surface area contributed by atoms with E-state index in [-0.39, 0.29) is 0 Å². The molecule has 1 unspecified atom stereocenters. The first kappa shape index (κ1) is 12.3. The second-order valence-corrected chi connectivity index (χ2v) is 3.35. The van der Waals surface area contributed by atoms with Crippen LogP contribution in [0, 0.1) is 6.92 Å². The molecule has 0 amide bonds. The van der Waals surface area contributed by atoms with Gasteiger partial charge in [-0.05, 0) is 12.5 Å². The number of aliphatic carboxylic acids is 1. The summed E-state index contributed by atoms with van der Waals surface area (Å²) in [5.41, 5.74) is 6.81. The van der Waals surface area contributed by atoms with E-state index in [2.05, 4.69) is 0 Å². The topological polar surface area (TPSA) is 81.8 Å². The highest BCUT2D eigenvalue weighted by atomic mass is 16.5. The number of rotatable bonds is 4. The van der Waals surface area contributed by atoms with Crippen LogP contribution in [0.25, 0.3) is 0 Å². The largest absolute Gasteiger partial charge is 0.493 e. The zero-order valence-corrected chi connectivity index (χ0v) is 9.48. The van der Waals surface area contributed by atoms with E-state index < -0.39 is 12.0 Å². The van der Waals surface area contributed by atoms with E-state index in [1.54, 1.807) is 12.1 Å². The van der Waals surface area contributed by atoms with Gasteiger partial charge in [-0.1, -0.05) is 12.1 Å². The van der Waals surface area contributed by atoms with Gasteiger partial charge in [-0.3, -0.25) is 4.79 Å². The Morgan fingerprint density at radius 1 is 1.31 bits per heavy atom. The summed E-state index contributed by atoms with van der Waals surface area (Å²) in [6.07, 6.45) is 0. The van der Waals surface area contributed by atoms with Gasteiger partial charge >= 0.3 is 5.97 Å². The van der Waals surface area contributed by atoms with E-state index in [1.807, 2.05) is 6.92 Å². The Morgan fingerprint density at radius 3 is 2.31 bits per heavy atom. The molecule has 0 heterocycles. The molecule has 0 aliphatic heterocycles. The van der Waals surface area contributed by atoms with E-state index in [4.69, 9.17) is 20.3 Å². The summed E-state index contributed by atoms with van der Waals surface area (Å²) >= 11 is 0. The first-order valence-corrected chi connectivity index (χ1v) is 4.72. The number of aryl methyl sites for hydroxylation is 1. The van der Waals surface area contributed by atoms with Crippen LogP contribution in [0.4, 0.5) is 0 Å². The third kappa shape index (κ3) is 2.09. The van der Waals surface area contributed by atoms with Crippen molar-refractivity contribution < 1.29 is 19.4 Å². The summed E-state index contributed by atoms with van der Waals surface area (Å²) in [5, 5.41) is 8.87. The Balaban J connectivity index is 3.35. The zero-order chi connectivity index (χ0) is 12.3. The Bertz CT molecular complexity index is 403. The number of carboxylic acids is 1. The Labute approximate surface area is 93.8 Å². The molecule has 0 saturated heterocycles. The monoisotopic (exact) mass is 225 g/mol. The first-order valence-electron chi connectivity index (χ1n) is 4.72. The minimum absolute atomic E-state index is 0.373. The number of ether oxygens (including phenoxy) is 2. The van der Waals surface area contributed by atoms with Gasteiger partial charge in [0, 0.05) is 5.56 Å². The predicted molar refractivity (Wildman–Crippen MR) is 58.8 cm³/mol. The number of carboxylic acid groups (broad SMARTS) is 1. The van der Waals surface area contributed by atoms with Crippen molar-refractivity contribution in [2.45, 2.75) is 13.0 Å². The summed E-state index contributed by atoms with van der Waals surface area (Å²) in [5.74, 6) is -0.224. The lowest BCUT2D eigenvalue weighted by molar-refractivity contribution is -0.138. The van der Waals surface area contributed by atoms with Crippen molar-refractivity contribution in [3.05, 3.63) is 23.3 Å².